The molecule has 0 bridgehead atoms. The normalized spacial score (nSPS) is 13.7. The first-order valence-electron chi connectivity index (χ1n) is 9.48. The van der Waals surface area contributed by atoms with E-state index in [1.54, 1.807) is 55.7 Å². The molecule has 5 nitrogen and oxygen atoms in total. The van der Waals surface area contributed by atoms with Gasteiger partial charge in [-0.1, -0.05) is 29.8 Å². The van der Waals surface area contributed by atoms with E-state index in [4.69, 9.17) is 14.2 Å². The van der Waals surface area contributed by atoms with Gasteiger partial charge in [0.1, 0.15) is 17.2 Å². The molecule has 0 radical (unpaired) electrons. The molecule has 30 heavy (non-hydrogen) atoms. The summed E-state index contributed by atoms with van der Waals surface area (Å²) in [4.78, 5) is 24.9. The largest absolute Gasteiger partial charge is 0.497 e. The first kappa shape index (κ1) is 19.5. The third-order valence-corrected chi connectivity index (χ3v) is 4.80. The minimum Gasteiger partial charge on any atom is -0.497 e. The lowest BCUT2D eigenvalue weighted by Gasteiger charge is -2.07. The number of methoxy groups -OCH3 is 1. The van der Waals surface area contributed by atoms with Crippen LogP contribution in [0.3, 0.4) is 0 Å². The lowest BCUT2D eigenvalue weighted by molar-refractivity contribution is 0.0920. The zero-order valence-corrected chi connectivity index (χ0v) is 16.7. The molecule has 1 aliphatic rings. The van der Waals surface area contributed by atoms with Gasteiger partial charge in [0, 0.05) is 11.6 Å². The van der Waals surface area contributed by atoms with Crippen molar-refractivity contribution in [3.63, 3.8) is 0 Å². The highest BCUT2D eigenvalue weighted by atomic mass is 16.5. The first-order valence-corrected chi connectivity index (χ1v) is 9.48. The number of carbonyl (C=O) groups excluding carboxylic acids is 2. The van der Waals surface area contributed by atoms with E-state index < -0.39 is 0 Å². The van der Waals surface area contributed by atoms with Gasteiger partial charge in [-0.3, -0.25) is 9.59 Å². The fourth-order valence-corrected chi connectivity index (χ4v) is 3.08. The number of allylic oxidation sites excluding steroid dienone is 1. The summed E-state index contributed by atoms with van der Waals surface area (Å²) >= 11 is 0. The Morgan fingerprint density at radius 1 is 0.967 bits per heavy atom. The van der Waals surface area contributed by atoms with Crippen LogP contribution in [-0.4, -0.2) is 25.3 Å². The Labute approximate surface area is 174 Å². The van der Waals surface area contributed by atoms with E-state index in [0.29, 0.717) is 28.4 Å². The van der Waals surface area contributed by atoms with Crippen molar-refractivity contribution < 1.29 is 23.8 Å². The Morgan fingerprint density at radius 3 is 2.37 bits per heavy atom. The molecule has 0 saturated heterocycles. The summed E-state index contributed by atoms with van der Waals surface area (Å²) < 4.78 is 16.5. The van der Waals surface area contributed by atoms with Crippen LogP contribution in [0.1, 0.15) is 31.8 Å². The minimum absolute atomic E-state index is 0.120. The summed E-state index contributed by atoms with van der Waals surface area (Å²) in [5.41, 5.74) is 3.04. The smallest absolute Gasteiger partial charge is 0.231 e. The molecular weight excluding hydrogens is 380 g/mol. The highest BCUT2D eigenvalue weighted by Gasteiger charge is 2.27. The van der Waals surface area contributed by atoms with E-state index in [0.717, 1.165) is 11.1 Å². The number of hydrogen-bond donors (Lipinski definition) is 0. The Morgan fingerprint density at radius 2 is 1.67 bits per heavy atom. The number of benzene rings is 3. The Bertz CT molecular complexity index is 1130. The zero-order valence-electron chi connectivity index (χ0n) is 16.7. The molecule has 1 aliphatic heterocycles. The van der Waals surface area contributed by atoms with Crippen LogP contribution in [0.4, 0.5) is 0 Å². The van der Waals surface area contributed by atoms with Gasteiger partial charge < -0.3 is 14.2 Å². The van der Waals surface area contributed by atoms with Crippen LogP contribution in [0.2, 0.25) is 0 Å². The number of Topliss-reactive ketones (excluding diaryl/α,β-unsaturated/α-hetero) is 2. The molecule has 0 atom stereocenters. The Kier molecular flexibility index (Phi) is 5.35. The molecule has 3 aromatic rings. The zero-order chi connectivity index (χ0) is 21.1. The van der Waals surface area contributed by atoms with Crippen LogP contribution in [-0.2, 0) is 0 Å². The van der Waals surface area contributed by atoms with Crippen molar-refractivity contribution in [1.82, 2.24) is 0 Å². The molecule has 0 saturated carbocycles. The molecule has 5 heteroatoms. The van der Waals surface area contributed by atoms with E-state index in [2.05, 4.69) is 0 Å². The van der Waals surface area contributed by atoms with Gasteiger partial charge in [-0.2, -0.15) is 0 Å². The fourth-order valence-electron chi connectivity index (χ4n) is 3.08. The molecule has 150 valence electrons. The molecular formula is C25H20O5. The van der Waals surface area contributed by atoms with E-state index in [9.17, 15) is 9.59 Å². The van der Waals surface area contributed by atoms with Crippen LogP contribution in [0, 0.1) is 6.92 Å². The number of carbonyl (C=O) groups is 2. The number of fused-ring (bicyclic) bond motifs is 1. The monoisotopic (exact) mass is 400 g/mol. The highest BCUT2D eigenvalue weighted by Crippen LogP contribution is 2.35. The SMILES string of the molecule is COc1ccc(C(=O)COc2ccc3c(c2)O/C(=C\c2ccc(C)cc2)C3=O)cc1. The maximum absolute atomic E-state index is 12.6. The summed E-state index contributed by atoms with van der Waals surface area (Å²) in [6, 6.07) is 19.6. The quantitative estimate of drug-likeness (QED) is 0.436. The summed E-state index contributed by atoms with van der Waals surface area (Å²) in [6.07, 6.45) is 1.72. The van der Waals surface area contributed by atoms with Crippen molar-refractivity contribution in [2.45, 2.75) is 6.92 Å². The van der Waals surface area contributed by atoms with Crippen molar-refractivity contribution >= 4 is 17.6 Å². The second-order valence-corrected chi connectivity index (χ2v) is 6.95. The molecule has 3 aromatic carbocycles. The molecule has 0 amide bonds. The van der Waals surface area contributed by atoms with Gasteiger partial charge in [0.15, 0.2) is 18.1 Å². The summed E-state index contributed by atoms with van der Waals surface area (Å²) in [6.45, 7) is 1.88. The average Bonchev–Trinajstić information content (AvgIpc) is 3.08. The first-order chi connectivity index (χ1) is 14.5. The number of rotatable bonds is 6. The van der Waals surface area contributed by atoms with Crippen molar-refractivity contribution in [1.29, 1.82) is 0 Å². The minimum atomic E-state index is -0.175. The maximum Gasteiger partial charge on any atom is 0.231 e. The van der Waals surface area contributed by atoms with Crippen molar-refractivity contribution in [3.05, 3.63) is 94.7 Å². The van der Waals surface area contributed by atoms with Crippen LogP contribution in [0.5, 0.6) is 17.2 Å². The van der Waals surface area contributed by atoms with Crippen LogP contribution in [0.25, 0.3) is 6.08 Å². The van der Waals surface area contributed by atoms with E-state index in [-0.39, 0.29) is 23.9 Å². The fraction of sp³-hybridized carbons (Fsp3) is 0.120. The molecule has 1 heterocycles. The maximum atomic E-state index is 12.6. The third kappa shape index (κ3) is 4.10. The standard InChI is InChI=1S/C25H20O5/c1-16-3-5-17(6-4-16)13-24-25(27)21-12-11-20(14-23(21)30-24)29-15-22(26)18-7-9-19(28-2)10-8-18/h3-14H,15H2,1-2H3/b24-13-. The molecule has 0 spiro atoms. The van der Waals surface area contributed by atoms with Crippen molar-refractivity contribution in [2.75, 3.05) is 13.7 Å². The number of ether oxygens (including phenoxy) is 3. The van der Waals surface area contributed by atoms with Gasteiger partial charge in [0.25, 0.3) is 0 Å². The second-order valence-electron chi connectivity index (χ2n) is 6.95. The molecule has 0 aliphatic carbocycles. The highest BCUT2D eigenvalue weighted by molar-refractivity contribution is 6.14. The summed E-state index contributed by atoms with van der Waals surface area (Å²) in [5.74, 6) is 1.50. The lowest BCUT2D eigenvalue weighted by Crippen LogP contribution is -2.11. The number of aryl methyl sites for hydroxylation is 1. The molecule has 0 unspecified atom stereocenters. The van der Waals surface area contributed by atoms with Crippen LogP contribution >= 0.6 is 0 Å². The Hall–Kier alpha value is -3.86. The average molecular weight is 400 g/mol. The van der Waals surface area contributed by atoms with Crippen molar-refractivity contribution in [3.8, 4) is 17.2 Å². The third-order valence-electron chi connectivity index (χ3n) is 4.80. The van der Waals surface area contributed by atoms with Gasteiger partial charge >= 0.3 is 0 Å². The number of hydrogen-bond acceptors (Lipinski definition) is 5. The molecule has 0 N–H and O–H groups in total. The van der Waals surface area contributed by atoms with Crippen molar-refractivity contribution in [2.24, 2.45) is 0 Å². The molecule has 0 fully saturated rings. The van der Waals surface area contributed by atoms with Gasteiger partial charge in [0.2, 0.25) is 5.78 Å². The van der Waals surface area contributed by atoms with Crippen LogP contribution in [0.15, 0.2) is 72.5 Å². The van der Waals surface area contributed by atoms with Gasteiger partial charge in [-0.05, 0) is 55.0 Å². The van der Waals surface area contributed by atoms with E-state index >= 15 is 0 Å². The van der Waals surface area contributed by atoms with E-state index in [1.807, 2.05) is 31.2 Å². The lowest BCUT2D eigenvalue weighted by atomic mass is 10.1. The predicted molar refractivity (Wildman–Crippen MR) is 113 cm³/mol. The summed E-state index contributed by atoms with van der Waals surface area (Å²) in [7, 11) is 1.57. The van der Waals surface area contributed by atoms with Gasteiger partial charge in [-0.25, -0.2) is 0 Å². The van der Waals surface area contributed by atoms with E-state index in [1.165, 1.54) is 0 Å². The predicted octanol–water partition coefficient (Wildman–Crippen LogP) is 4.88. The van der Waals surface area contributed by atoms with Gasteiger partial charge in [0.05, 0.1) is 12.7 Å². The summed E-state index contributed by atoms with van der Waals surface area (Å²) in [5, 5.41) is 0. The number of ketones is 2. The second kappa shape index (κ2) is 8.25. The van der Waals surface area contributed by atoms with Crippen LogP contribution < -0.4 is 14.2 Å². The topological polar surface area (TPSA) is 61.8 Å². The molecule has 0 aromatic heterocycles. The van der Waals surface area contributed by atoms with Gasteiger partial charge in [-0.15, -0.1) is 0 Å². The molecule has 4 rings (SSSR count). The Balaban J connectivity index is 1.44.